The van der Waals surface area contributed by atoms with E-state index in [0.29, 0.717) is 19.8 Å². The van der Waals surface area contributed by atoms with E-state index in [1.807, 2.05) is 26.0 Å². The van der Waals surface area contributed by atoms with E-state index < -0.39 is 6.04 Å². The highest BCUT2D eigenvalue weighted by molar-refractivity contribution is 5.87. The molecule has 27 heavy (non-hydrogen) atoms. The number of nitrogens with one attached hydrogen (secondary N) is 2. The molecule has 8 nitrogen and oxygen atoms in total. The van der Waals surface area contributed by atoms with Gasteiger partial charge in [-0.15, -0.1) is 24.8 Å². The summed E-state index contributed by atoms with van der Waals surface area (Å²) in [6.07, 6.45) is 1.73. The molecular formula is C17H29Cl2N5O3. The number of nitrogens with two attached hydrogens (primary N) is 1. The molecule has 0 unspecified atom stereocenters. The Morgan fingerprint density at radius 1 is 1.26 bits per heavy atom. The minimum absolute atomic E-state index is 0. The maximum Gasteiger partial charge on any atom is 0.239 e. The molecule has 1 aromatic rings. The molecule has 0 bridgehead atoms. The summed E-state index contributed by atoms with van der Waals surface area (Å²) in [4.78, 5) is 30.2. The lowest BCUT2D eigenvalue weighted by atomic mass is 10.1. The fourth-order valence-corrected chi connectivity index (χ4v) is 2.39. The molecule has 1 saturated heterocycles. The fourth-order valence-electron chi connectivity index (χ4n) is 2.39. The van der Waals surface area contributed by atoms with E-state index in [2.05, 4.69) is 20.5 Å². The Kier molecular flexibility index (Phi) is 12.0. The Morgan fingerprint density at radius 2 is 1.93 bits per heavy atom. The fraction of sp³-hybridized carbons (Fsp3) is 0.588. The zero-order chi connectivity index (χ0) is 18.2. The third kappa shape index (κ3) is 8.30. The van der Waals surface area contributed by atoms with Gasteiger partial charge in [0, 0.05) is 25.8 Å². The van der Waals surface area contributed by atoms with Crippen molar-refractivity contribution in [2.45, 2.75) is 26.4 Å². The van der Waals surface area contributed by atoms with Crippen LogP contribution in [0.3, 0.4) is 0 Å². The number of carbonyl (C=O) groups excluding carboxylic acids is 2. The molecule has 0 saturated carbocycles. The Morgan fingerprint density at radius 3 is 2.56 bits per heavy atom. The van der Waals surface area contributed by atoms with Crippen LogP contribution < -0.4 is 21.3 Å². The number of morpholine rings is 1. The lowest BCUT2D eigenvalue weighted by molar-refractivity contribution is -0.127. The van der Waals surface area contributed by atoms with Crippen LogP contribution >= 0.6 is 24.8 Å². The van der Waals surface area contributed by atoms with E-state index in [0.717, 1.165) is 24.5 Å². The smallest absolute Gasteiger partial charge is 0.239 e. The zero-order valence-electron chi connectivity index (χ0n) is 15.6. The van der Waals surface area contributed by atoms with Crippen molar-refractivity contribution < 1.29 is 14.3 Å². The predicted molar refractivity (Wildman–Crippen MR) is 109 cm³/mol. The Balaban J connectivity index is 0.00000338. The molecule has 1 fully saturated rings. The predicted octanol–water partition coefficient (Wildman–Crippen LogP) is 0.478. The average Bonchev–Trinajstić information content (AvgIpc) is 2.64. The summed E-state index contributed by atoms with van der Waals surface area (Å²) >= 11 is 0. The summed E-state index contributed by atoms with van der Waals surface area (Å²) in [5, 5.41) is 5.34. The van der Waals surface area contributed by atoms with Crippen LogP contribution in [0.5, 0.6) is 0 Å². The van der Waals surface area contributed by atoms with Gasteiger partial charge in [0.05, 0.1) is 25.8 Å². The Hall–Kier alpha value is -1.61. The van der Waals surface area contributed by atoms with Crippen LogP contribution in [0.15, 0.2) is 18.3 Å². The topological polar surface area (TPSA) is 110 Å². The van der Waals surface area contributed by atoms with Gasteiger partial charge < -0.3 is 26.0 Å². The number of hydrogen-bond donors (Lipinski definition) is 3. The van der Waals surface area contributed by atoms with Crippen molar-refractivity contribution in [3.05, 3.63) is 23.9 Å². The monoisotopic (exact) mass is 421 g/mol. The normalized spacial score (nSPS) is 14.6. The highest BCUT2D eigenvalue weighted by Crippen LogP contribution is 2.14. The van der Waals surface area contributed by atoms with Crippen molar-refractivity contribution in [1.82, 2.24) is 15.6 Å². The molecule has 1 aliphatic rings. The van der Waals surface area contributed by atoms with E-state index in [9.17, 15) is 9.59 Å². The van der Waals surface area contributed by atoms with Crippen LogP contribution in [0.4, 0.5) is 5.82 Å². The van der Waals surface area contributed by atoms with Crippen molar-refractivity contribution in [3.63, 3.8) is 0 Å². The molecule has 0 aromatic carbocycles. The number of amides is 2. The first-order valence-electron chi connectivity index (χ1n) is 8.55. The second-order valence-electron chi connectivity index (χ2n) is 6.39. The number of pyridine rings is 1. The molecule has 0 aliphatic carbocycles. The van der Waals surface area contributed by atoms with Crippen LogP contribution in [0, 0.1) is 5.92 Å². The molecule has 0 radical (unpaired) electrons. The number of aromatic nitrogens is 1. The number of carbonyl (C=O) groups is 2. The van der Waals surface area contributed by atoms with Crippen LogP contribution in [-0.2, 0) is 20.9 Å². The summed E-state index contributed by atoms with van der Waals surface area (Å²) in [6.45, 7) is 7.03. The molecule has 2 rings (SSSR count). The molecule has 4 N–H and O–H groups in total. The summed E-state index contributed by atoms with van der Waals surface area (Å²) in [5.74, 6) is 0.336. The van der Waals surface area contributed by atoms with Gasteiger partial charge in [-0.1, -0.05) is 13.8 Å². The average molecular weight is 422 g/mol. The lowest BCUT2D eigenvalue weighted by Crippen LogP contribution is -2.47. The molecule has 2 amide bonds. The van der Waals surface area contributed by atoms with Gasteiger partial charge in [-0.25, -0.2) is 4.98 Å². The van der Waals surface area contributed by atoms with Crippen molar-refractivity contribution in [2.24, 2.45) is 11.7 Å². The van der Waals surface area contributed by atoms with E-state index >= 15 is 0 Å². The molecule has 1 aromatic heterocycles. The molecule has 1 aliphatic heterocycles. The largest absolute Gasteiger partial charge is 0.378 e. The minimum atomic E-state index is -0.607. The highest BCUT2D eigenvalue weighted by atomic mass is 35.5. The zero-order valence-corrected chi connectivity index (χ0v) is 17.3. The summed E-state index contributed by atoms with van der Waals surface area (Å²) in [7, 11) is 0. The summed E-state index contributed by atoms with van der Waals surface area (Å²) < 4.78 is 5.34. The number of halogens is 2. The molecule has 0 spiro atoms. The number of nitrogens with zero attached hydrogens (tertiary/aromatic N) is 2. The van der Waals surface area contributed by atoms with Gasteiger partial charge in [0.2, 0.25) is 11.8 Å². The number of ether oxygens (including phenoxy) is 1. The maximum atomic E-state index is 11.9. The molecule has 154 valence electrons. The SMILES string of the molecule is CC(C)[C@H](N)C(=O)NCC(=O)NCc1ccnc(N2CCOCC2)c1.Cl.Cl. The summed E-state index contributed by atoms with van der Waals surface area (Å²) in [6, 6.07) is 3.21. The van der Waals surface area contributed by atoms with Gasteiger partial charge in [0.15, 0.2) is 0 Å². The Labute approximate surface area is 172 Å². The lowest BCUT2D eigenvalue weighted by Gasteiger charge is -2.28. The molecule has 1 atom stereocenters. The van der Waals surface area contributed by atoms with E-state index in [-0.39, 0.29) is 49.1 Å². The molecular weight excluding hydrogens is 393 g/mol. The third-order valence-corrected chi connectivity index (χ3v) is 4.08. The number of rotatable bonds is 7. The second kappa shape index (κ2) is 12.7. The Bertz CT molecular complexity index is 598. The van der Waals surface area contributed by atoms with Crippen molar-refractivity contribution in [3.8, 4) is 0 Å². The van der Waals surface area contributed by atoms with Crippen molar-refractivity contribution in [2.75, 3.05) is 37.7 Å². The van der Waals surface area contributed by atoms with Crippen LogP contribution in [0.2, 0.25) is 0 Å². The van der Waals surface area contributed by atoms with Crippen molar-refractivity contribution in [1.29, 1.82) is 0 Å². The van der Waals surface area contributed by atoms with Gasteiger partial charge in [-0.2, -0.15) is 0 Å². The van der Waals surface area contributed by atoms with Crippen LogP contribution in [0.25, 0.3) is 0 Å². The van der Waals surface area contributed by atoms with E-state index in [1.165, 1.54) is 0 Å². The van der Waals surface area contributed by atoms with E-state index in [4.69, 9.17) is 10.5 Å². The summed E-state index contributed by atoms with van der Waals surface area (Å²) in [5.41, 5.74) is 6.69. The van der Waals surface area contributed by atoms with E-state index in [1.54, 1.807) is 6.20 Å². The van der Waals surface area contributed by atoms with Gasteiger partial charge >= 0.3 is 0 Å². The van der Waals surface area contributed by atoms with Gasteiger partial charge in [0.1, 0.15) is 5.82 Å². The van der Waals surface area contributed by atoms with Gasteiger partial charge in [-0.3, -0.25) is 9.59 Å². The first-order chi connectivity index (χ1) is 12.0. The maximum absolute atomic E-state index is 11.9. The molecule has 2 heterocycles. The van der Waals surface area contributed by atoms with Crippen molar-refractivity contribution >= 4 is 42.4 Å². The minimum Gasteiger partial charge on any atom is -0.378 e. The second-order valence-corrected chi connectivity index (χ2v) is 6.39. The van der Waals surface area contributed by atoms with Gasteiger partial charge in [0.25, 0.3) is 0 Å². The third-order valence-electron chi connectivity index (χ3n) is 4.08. The standard InChI is InChI=1S/C17H27N5O3.2ClH/c1-12(2)16(18)17(24)21-11-15(23)20-10-13-3-4-19-14(9-13)22-5-7-25-8-6-22;;/h3-4,9,12,16H,5-8,10-11,18H2,1-2H3,(H,20,23)(H,21,24);2*1H/t16-;;/m0../s1. The number of anilines is 1. The molecule has 10 heteroatoms. The quantitative estimate of drug-likeness (QED) is 0.590. The number of hydrogen-bond acceptors (Lipinski definition) is 6. The van der Waals surface area contributed by atoms with Gasteiger partial charge in [-0.05, 0) is 23.6 Å². The van der Waals surface area contributed by atoms with Crippen LogP contribution in [0.1, 0.15) is 19.4 Å². The first kappa shape index (κ1) is 25.4. The first-order valence-corrected chi connectivity index (χ1v) is 8.55. The van der Waals surface area contributed by atoms with Crippen LogP contribution in [-0.4, -0.2) is 55.7 Å². The highest BCUT2D eigenvalue weighted by Gasteiger charge is 2.17.